The second kappa shape index (κ2) is 1.14. The molecule has 5 heavy (non-hydrogen) atoms. The van der Waals surface area contributed by atoms with E-state index < -0.39 is 0 Å². The van der Waals surface area contributed by atoms with Crippen molar-refractivity contribution in [3.05, 3.63) is 0 Å². The number of hydrogen-bond donors (Lipinski definition) is 0. The summed E-state index contributed by atoms with van der Waals surface area (Å²) in [5.41, 5.74) is 0. The predicted octanol–water partition coefficient (Wildman–Crippen LogP) is 0.992. The van der Waals surface area contributed by atoms with Crippen LogP contribution in [-0.4, -0.2) is 10.3 Å². The number of thioether (sulfide) groups is 1. The van der Waals surface area contributed by atoms with Crippen molar-refractivity contribution < 1.29 is 4.74 Å². The molecule has 0 unspecified atom stereocenters. The van der Waals surface area contributed by atoms with Gasteiger partial charge in [0.15, 0.2) is 0 Å². The maximum atomic E-state index is 4.62. The molecular formula is C2H2OS2. The molecule has 3 heteroatoms. The fraction of sp³-hybridized carbons (Fsp3) is 0.500. The van der Waals surface area contributed by atoms with Gasteiger partial charge in [0, 0.05) is 0 Å². The summed E-state index contributed by atoms with van der Waals surface area (Å²) in [4.78, 5) is 0. The van der Waals surface area contributed by atoms with E-state index in [9.17, 15) is 0 Å². The Labute approximate surface area is 39.7 Å². The minimum Gasteiger partial charge on any atom is -0.467 e. The number of hydrogen-bond acceptors (Lipinski definition) is 3. The molecule has 0 saturated carbocycles. The van der Waals surface area contributed by atoms with Gasteiger partial charge in [0.2, 0.25) is 4.38 Å². The van der Waals surface area contributed by atoms with Gasteiger partial charge in [-0.1, -0.05) is 0 Å². The number of rotatable bonds is 0. The second-order valence-electron chi connectivity index (χ2n) is 0.657. The van der Waals surface area contributed by atoms with Crippen LogP contribution in [0.15, 0.2) is 0 Å². The van der Waals surface area contributed by atoms with Gasteiger partial charge in [0.25, 0.3) is 0 Å². The molecule has 0 aromatic carbocycles. The monoisotopic (exact) mass is 106 g/mol. The predicted molar refractivity (Wildman–Crippen MR) is 26.1 cm³/mol. The normalized spacial score (nSPS) is 20.4. The molecule has 1 aliphatic rings. The molecular weight excluding hydrogens is 104 g/mol. The minimum absolute atomic E-state index is 0.685. The van der Waals surface area contributed by atoms with E-state index in [0.29, 0.717) is 4.38 Å². The molecule has 0 amide bonds. The van der Waals surface area contributed by atoms with E-state index in [1.165, 1.54) is 0 Å². The van der Waals surface area contributed by atoms with Crippen molar-refractivity contribution in [1.29, 1.82) is 0 Å². The van der Waals surface area contributed by atoms with Crippen LogP contribution in [-0.2, 0) is 4.74 Å². The average Bonchev–Trinajstić information content (AvgIpc) is 1.30. The van der Waals surface area contributed by atoms with Gasteiger partial charge in [0.05, 0.1) is 0 Å². The van der Waals surface area contributed by atoms with Crippen molar-refractivity contribution in [1.82, 2.24) is 0 Å². The lowest BCUT2D eigenvalue weighted by atomic mass is 11.5. The molecule has 0 aliphatic carbocycles. The average molecular weight is 106 g/mol. The third-order valence-electron chi connectivity index (χ3n) is 0.354. The Balaban J connectivity index is 2.32. The van der Waals surface area contributed by atoms with Crippen molar-refractivity contribution in [2.75, 3.05) is 5.94 Å². The molecule has 0 aromatic rings. The lowest BCUT2D eigenvalue weighted by Gasteiger charge is -2.11. The molecule has 0 spiro atoms. The highest BCUT2D eigenvalue weighted by atomic mass is 32.2. The zero-order valence-electron chi connectivity index (χ0n) is 2.43. The Kier molecular flexibility index (Phi) is 0.784. The summed E-state index contributed by atoms with van der Waals surface area (Å²) in [5.74, 6) is 0.763. The van der Waals surface area contributed by atoms with E-state index in [2.05, 4.69) is 17.0 Å². The summed E-state index contributed by atoms with van der Waals surface area (Å²) in [6, 6.07) is 0. The summed E-state index contributed by atoms with van der Waals surface area (Å²) in [6.45, 7) is 0. The van der Waals surface area contributed by atoms with Crippen molar-refractivity contribution in [3.8, 4) is 0 Å². The summed E-state index contributed by atoms with van der Waals surface area (Å²) in [7, 11) is 0. The fourth-order valence-electron chi connectivity index (χ4n) is 0.107. The highest BCUT2D eigenvalue weighted by Crippen LogP contribution is 2.16. The SMILES string of the molecule is S=C1OCS1. The first-order chi connectivity index (χ1) is 2.39. The second-order valence-corrected chi connectivity index (χ2v) is 2.18. The fourth-order valence-corrected chi connectivity index (χ4v) is 0.610. The Morgan fingerprint density at radius 1 is 2.00 bits per heavy atom. The summed E-state index contributed by atoms with van der Waals surface area (Å²) >= 11 is 6.09. The van der Waals surface area contributed by atoms with Crippen LogP contribution in [0.4, 0.5) is 0 Å². The zero-order valence-corrected chi connectivity index (χ0v) is 4.06. The lowest BCUT2D eigenvalue weighted by molar-refractivity contribution is 0.382. The van der Waals surface area contributed by atoms with E-state index in [1.807, 2.05) is 0 Å². The van der Waals surface area contributed by atoms with Crippen molar-refractivity contribution in [3.63, 3.8) is 0 Å². The van der Waals surface area contributed by atoms with E-state index >= 15 is 0 Å². The molecule has 1 nitrogen and oxygen atoms in total. The standard InChI is InChI=1S/C2H2OS2/c4-2-3-1-5-2/h1H2. The van der Waals surface area contributed by atoms with Gasteiger partial charge in [-0.3, -0.25) is 0 Å². The highest BCUT2D eigenvalue weighted by Gasteiger charge is 2.06. The van der Waals surface area contributed by atoms with E-state index in [-0.39, 0.29) is 0 Å². The highest BCUT2D eigenvalue weighted by molar-refractivity contribution is 8.24. The molecule has 1 rings (SSSR count). The van der Waals surface area contributed by atoms with Crippen LogP contribution in [0.25, 0.3) is 0 Å². The first-order valence-electron chi connectivity index (χ1n) is 1.19. The number of ether oxygens (including phenoxy) is 1. The van der Waals surface area contributed by atoms with Gasteiger partial charge in [0.1, 0.15) is 5.94 Å². The molecule has 0 atom stereocenters. The third kappa shape index (κ3) is 0.546. The molecule has 0 radical (unpaired) electrons. The lowest BCUT2D eigenvalue weighted by Crippen LogP contribution is -2.07. The first kappa shape index (κ1) is 3.43. The van der Waals surface area contributed by atoms with Crippen LogP contribution in [0.2, 0.25) is 0 Å². The topological polar surface area (TPSA) is 9.23 Å². The quantitative estimate of drug-likeness (QED) is 0.426. The van der Waals surface area contributed by atoms with Crippen LogP contribution in [0.1, 0.15) is 0 Å². The van der Waals surface area contributed by atoms with Gasteiger partial charge in [-0.15, -0.1) is 0 Å². The molecule has 0 aromatic heterocycles. The van der Waals surface area contributed by atoms with E-state index in [0.717, 1.165) is 5.94 Å². The van der Waals surface area contributed by atoms with Gasteiger partial charge >= 0.3 is 0 Å². The molecule has 1 aliphatic heterocycles. The van der Waals surface area contributed by atoms with E-state index in [4.69, 9.17) is 0 Å². The molecule has 0 bridgehead atoms. The zero-order chi connectivity index (χ0) is 3.70. The smallest absolute Gasteiger partial charge is 0.224 e. The molecule has 1 saturated heterocycles. The maximum absolute atomic E-state index is 4.62. The van der Waals surface area contributed by atoms with Crippen LogP contribution >= 0.6 is 24.0 Å². The van der Waals surface area contributed by atoms with Crippen molar-refractivity contribution >= 4 is 28.4 Å². The first-order valence-corrected chi connectivity index (χ1v) is 2.58. The van der Waals surface area contributed by atoms with Gasteiger partial charge in [-0.25, -0.2) is 0 Å². The van der Waals surface area contributed by atoms with Gasteiger partial charge in [-0.05, 0) is 24.0 Å². The third-order valence-corrected chi connectivity index (χ3v) is 1.41. The van der Waals surface area contributed by atoms with Crippen molar-refractivity contribution in [2.24, 2.45) is 0 Å². The molecule has 0 N–H and O–H groups in total. The van der Waals surface area contributed by atoms with Gasteiger partial charge in [-0.2, -0.15) is 0 Å². The van der Waals surface area contributed by atoms with Crippen LogP contribution in [0.5, 0.6) is 0 Å². The van der Waals surface area contributed by atoms with Crippen LogP contribution < -0.4 is 0 Å². The Hall–Kier alpha value is 0.240. The largest absolute Gasteiger partial charge is 0.467 e. The molecule has 1 fully saturated rings. The summed E-state index contributed by atoms with van der Waals surface area (Å²) < 4.78 is 5.31. The van der Waals surface area contributed by atoms with Crippen LogP contribution in [0, 0.1) is 0 Å². The Morgan fingerprint density at radius 2 is 2.40 bits per heavy atom. The van der Waals surface area contributed by atoms with E-state index in [1.54, 1.807) is 11.8 Å². The summed E-state index contributed by atoms with van der Waals surface area (Å²) in [6.07, 6.45) is 0. The Morgan fingerprint density at radius 3 is 2.40 bits per heavy atom. The summed E-state index contributed by atoms with van der Waals surface area (Å²) in [5, 5.41) is 0. The Bertz CT molecular complexity index is 54.7. The minimum atomic E-state index is 0.685. The molecule has 1 heterocycles. The maximum Gasteiger partial charge on any atom is 0.224 e. The van der Waals surface area contributed by atoms with Crippen molar-refractivity contribution in [2.45, 2.75) is 0 Å². The number of thiocarbonyl (C=S) groups is 1. The van der Waals surface area contributed by atoms with Gasteiger partial charge < -0.3 is 4.74 Å². The molecule has 28 valence electrons. The van der Waals surface area contributed by atoms with Crippen LogP contribution in [0.3, 0.4) is 0 Å².